The van der Waals surface area contributed by atoms with Gasteiger partial charge in [0.15, 0.2) is 8.32 Å². The van der Waals surface area contributed by atoms with Crippen LogP contribution in [0.15, 0.2) is 121 Å². The predicted octanol–water partition coefficient (Wildman–Crippen LogP) is 12.4. The summed E-state index contributed by atoms with van der Waals surface area (Å²) in [6, 6.07) is 42.4. The number of unbranched alkanes of at least 4 members (excludes halogenated alkanes) is 1. The molecule has 0 bridgehead atoms. The molecule has 0 unspecified atom stereocenters. The van der Waals surface area contributed by atoms with Gasteiger partial charge < -0.3 is 29.4 Å². The number of nitrogens with zero attached hydrogens (tertiary/aromatic N) is 1. The van der Waals surface area contributed by atoms with Crippen molar-refractivity contribution in [2.45, 2.75) is 136 Å². The second-order valence-corrected chi connectivity index (χ2v) is 23.9. The molecule has 0 fully saturated rings. The van der Waals surface area contributed by atoms with E-state index in [-0.39, 0.29) is 23.7 Å². The number of aromatic hydroxyl groups is 1. The first-order chi connectivity index (χ1) is 30.1. The van der Waals surface area contributed by atoms with Gasteiger partial charge in [-0.2, -0.15) is 0 Å². The quantitative estimate of drug-likeness (QED) is 0.0398. The van der Waals surface area contributed by atoms with Crippen molar-refractivity contribution in [2.75, 3.05) is 26.2 Å². The number of aryl methyl sites for hydroxylation is 1. The van der Waals surface area contributed by atoms with Gasteiger partial charge in [0.05, 0.1) is 19.3 Å². The summed E-state index contributed by atoms with van der Waals surface area (Å²) in [6.07, 6.45) is 4.56. The topological polar surface area (TPSA) is 83.4 Å². The van der Waals surface area contributed by atoms with Crippen molar-refractivity contribution < 1.29 is 24.1 Å². The van der Waals surface area contributed by atoms with E-state index in [9.17, 15) is 10.2 Å². The van der Waals surface area contributed by atoms with Gasteiger partial charge in [0.2, 0.25) is 0 Å². The Morgan fingerprint density at radius 2 is 1.37 bits per heavy atom. The number of nitrogens with one attached hydrogen (secondary N) is 1. The van der Waals surface area contributed by atoms with Crippen LogP contribution in [0.2, 0.25) is 18.1 Å². The molecule has 5 rings (SSSR count). The summed E-state index contributed by atoms with van der Waals surface area (Å²) >= 11 is 0. The first-order valence-corrected chi connectivity index (χ1v) is 26.2. The highest BCUT2D eigenvalue weighted by molar-refractivity contribution is 6.74. The minimum absolute atomic E-state index is 0.0560. The highest BCUT2D eigenvalue weighted by Gasteiger charge is 2.39. The fraction of sp³-hybridized carbons (Fsp3) is 0.455. The second kappa shape index (κ2) is 24.0. The molecule has 0 aliphatic carbocycles. The van der Waals surface area contributed by atoms with E-state index in [4.69, 9.17) is 13.9 Å². The molecular formula is C55H76N2O5Si. The third-order valence-electron chi connectivity index (χ3n) is 12.8. The molecule has 5 aromatic carbocycles. The van der Waals surface area contributed by atoms with Crippen molar-refractivity contribution in [3.8, 4) is 17.2 Å². The molecule has 340 valence electrons. The first-order valence-electron chi connectivity index (χ1n) is 23.3. The minimum atomic E-state index is -2.11. The monoisotopic (exact) mass is 873 g/mol. The molecule has 0 radical (unpaired) electrons. The Morgan fingerprint density at radius 1 is 0.698 bits per heavy atom. The van der Waals surface area contributed by atoms with E-state index in [1.165, 1.54) is 16.7 Å². The van der Waals surface area contributed by atoms with Gasteiger partial charge in [-0.15, -0.1) is 0 Å². The van der Waals surface area contributed by atoms with Crippen LogP contribution in [0.4, 0.5) is 0 Å². The lowest BCUT2D eigenvalue weighted by Crippen LogP contribution is -2.43. The molecule has 0 heterocycles. The summed E-state index contributed by atoms with van der Waals surface area (Å²) in [6.45, 7) is 23.9. The summed E-state index contributed by atoms with van der Waals surface area (Å²) in [7, 11) is -2.11. The zero-order valence-electron chi connectivity index (χ0n) is 39.7. The smallest absolute Gasteiger partial charge is 0.192 e. The fourth-order valence-electron chi connectivity index (χ4n) is 8.02. The summed E-state index contributed by atoms with van der Waals surface area (Å²) in [5.41, 5.74) is 7.65. The molecule has 8 heteroatoms. The zero-order valence-corrected chi connectivity index (χ0v) is 40.7. The predicted molar refractivity (Wildman–Crippen MR) is 264 cm³/mol. The summed E-state index contributed by atoms with van der Waals surface area (Å²) in [5, 5.41) is 25.2. The van der Waals surface area contributed by atoms with E-state index >= 15 is 0 Å². The van der Waals surface area contributed by atoms with Crippen LogP contribution < -0.4 is 14.8 Å². The zero-order chi connectivity index (χ0) is 45.4. The van der Waals surface area contributed by atoms with E-state index in [0.717, 1.165) is 73.2 Å². The normalized spacial score (nSPS) is 13.2. The van der Waals surface area contributed by atoms with Gasteiger partial charge in [-0.05, 0) is 149 Å². The molecule has 0 aliphatic heterocycles. The van der Waals surface area contributed by atoms with Crippen molar-refractivity contribution in [2.24, 2.45) is 0 Å². The Morgan fingerprint density at radius 3 is 2.02 bits per heavy atom. The van der Waals surface area contributed by atoms with Gasteiger partial charge in [-0.3, -0.25) is 4.90 Å². The minimum Gasteiger partial charge on any atom is -0.508 e. The lowest BCUT2D eigenvalue weighted by molar-refractivity contribution is 0.170. The van der Waals surface area contributed by atoms with Crippen LogP contribution in [-0.2, 0) is 30.5 Å². The van der Waals surface area contributed by atoms with Crippen molar-refractivity contribution >= 4 is 8.32 Å². The SMILES string of the molecule is CC(C)N(CC[C@H](c1ccccc1)c1cc(CCCCOc2ccc(CCNC[C@H](O[Si](C)(C)C(C)(C)C)c3ccc(OCc4ccccc4)c(CO)c3)cc2)ccc1O)C(C)C. The number of hydrogen-bond donors (Lipinski definition) is 3. The number of aliphatic hydroxyl groups is 1. The average molecular weight is 873 g/mol. The highest BCUT2D eigenvalue weighted by Crippen LogP contribution is 2.40. The number of ether oxygens (including phenoxy) is 2. The van der Waals surface area contributed by atoms with Gasteiger partial charge in [-0.25, -0.2) is 0 Å². The highest BCUT2D eigenvalue weighted by atomic mass is 28.4. The van der Waals surface area contributed by atoms with Gasteiger partial charge in [0, 0.05) is 35.7 Å². The van der Waals surface area contributed by atoms with Crippen LogP contribution in [0, 0.1) is 0 Å². The Labute approximate surface area is 381 Å². The Kier molecular flexibility index (Phi) is 18.9. The standard InChI is InChI=1S/C55H76N2O5Si/c1-41(2)57(42(3)4)34-32-50(46-21-14-11-15-22-46)51-36-44(25-29-52(51)59)18-16-17-35-60-49-27-23-43(24-28-49)31-33-56-38-54(62-63(8,9)55(5,6)7)47-26-30-53(48(37-47)39-58)61-40-45-19-12-10-13-20-45/h10-15,19-30,36-37,41-42,50,54,56,58-59H,16-18,31-35,38-40H2,1-9H3/t50-,54+/m1/s1. The van der Waals surface area contributed by atoms with E-state index in [1.54, 1.807) is 0 Å². The Balaban J connectivity index is 1.10. The Bertz CT molecular complexity index is 2070. The summed E-state index contributed by atoms with van der Waals surface area (Å²) in [4.78, 5) is 2.53. The van der Waals surface area contributed by atoms with Crippen LogP contribution in [0.3, 0.4) is 0 Å². The van der Waals surface area contributed by atoms with Crippen LogP contribution in [-0.4, -0.2) is 61.8 Å². The number of aliphatic hydroxyl groups excluding tert-OH is 1. The number of phenols is 1. The summed E-state index contributed by atoms with van der Waals surface area (Å²) < 4.78 is 19.3. The molecule has 0 aromatic heterocycles. The van der Waals surface area contributed by atoms with E-state index in [0.29, 0.717) is 43.3 Å². The maximum absolute atomic E-state index is 11.1. The van der Waals surface area contributed by atoms with Crippen molar-refractivity contribution in [3.63, 3.8) is 0 Å². The van der Waals surface area contributed by atoms with Crippen LogP contribution in [0.1, 0.15) is 119 Å². The largest absolute Gasteiger partial charge is 0.508 e. The number of rotatable bonds is 25. The first kappa shape index (κ1) is 49.6. The lowest BCUT2D eigenvalue weighted by Gasteiger charge is -2.39. The maximum Gasteiger partial charge on any atom is 0.192 e. The number of benzene rings is 5. The average Bonchev–Trinajstić information content (AvgIpc) is 3.26. The molecule has 2 atom stereocenters. The van der Waals surface area contributed by atoms with Crippen LogP contribution >= 0.6 is 0 Å². The molecule has 3 N–H and O–H groups in total. The molecule has 63 heavy (non-hydrogen) atoms. The van der Waals surface area contributed by atoms with E-state index in [1.807, 2.05) is 48.5 Å². The third-order valence-corrected chi connectivity index (χ3v) is 17.2. The van der Waals surface area contributed by atoms with Gasteiger partial charge in [0.25, 0.3) is 0 Å². The van der Waals surface area contributed by atoms with Crippen molar-refractivity contribution in [1.82, 2.24) is 10.2 Å². The van der Waals surface area contributed by atoms with Crippen LogP contribution in [0.5, 0.6) is 17.2 Å². The molecule has 0 amide bonds. The van der Waals surface area contributed by atoms with E-state index in [2.05, 4.69) is 145 Å². The lowest BCUT2D eigenvalue weighted by atomic mass is 9.86. The molecule has 0 aliphatic rings. The van der Waals surface area contributed by atoms with Crippen LogP contribution in [0.25, 0.3) is 0 Å². The third kappa shape index (κ3) is 15.1. The molecule has 0 spiro atoms. The van der Waals surface area contributed by atoms with Gasteiger partial charge >= 0.3 is 0 Å². The molecular weight excluding hydrogens is 797 g/mol. The van der Waals surface area contributed by atoms with Crippen molar-refractivity contribution in [1.29, 1.82) is 0 Å². The second-order valence-electron chi connectivity index (χ2n) is 19.1. The maximum atomic E-state index is 11.1. The number of phenolic OH excluding ortho intramolecular Hbond substituents is 1. The fourth-order valence-corrected chi connectivity index (χ4v) is 9.30. The molecule has 0 saturated carbocycles. The van der Waals surface area contributed by atoms with Gasteiger partial charge in [0.1, 0.15) is 23.9 Å². The van der Waals surface area contributed by atoms with Gasteiger partial charge in [-0.1, -0.05) is 112 Å². The number of hydrogen-bond acceptors (Lipinski definition) is 7. The molecule has 5 aromatic rings. The molecule has 7 nitrogen and oxygen atoms in total. The summed E-state index contributed by atoms with van der Waals surface area (Å²) in [5.74, 6) is 2.08. The molecule has 0 saturated heterocycles. The van der Waals surface area contributed by atoms with E-state index < -0.39 is 8.32 Å². The van der Waals surface area contributed by atoms with Crippen molar-refractivity contribution in [3.05, 3.63) is 160 Å². The Hall–Kier alpha value is -4.44.